The Hall–Kier alpha value is -0.350. The number of hydrogen-bond acceptors (Lipinski definition) is 2. The van der Waals surface area contributed by atoms with Crippen LogP contribution in [0.2, 0.25) is 5.02 Å². The first-order valence-corrected chi connectivity index (χ1v) is 7.20. The first-order valence-electron chi connectivity index (χ1n) is 6.82. The molecule has 0 bridgehead atoms. The van der Waals surface area contributed by atoms with Gasteiger partial charge < -0.3 is 5.73 Å². The molecule has 0 spiro atoms. The summed E-state index contributed by atoms with van der Waals surface area (Å²) in [6, 6.07) is 5.23. The quantitative estimate of drug-likeness (QED) is 0.917. The zero-order valence-electron chi connectivity index (χ0n) is 12.0. The van der Waals surface area contributed by atoms with Crippen molar-refractivity contribution in [3.05, 3.63) is 34.6 Å². The maximum atomic E-state index is 13.8. The topological polar surface area (TPSA) is 29.3 Å². The summed E-state index contributed by atoms with van der Waals surface area (Å²) in [6.45, 7) is 5.93. The number of benzene rings is 1. The molecule has 1 aliphatic heterocycles. The van der Waals surface area contributed by atoms with Crippen molar-refractivity contribution in [2.75, 3.05) is 13.1 Å². The number of rotatable bonds is 4. The Labute approximate surface area is 131 Å². The van der Waals surface area contributed by atoms with Crippen molar-refractivity contribution in [2.45, 2.75) is 44.7 Å². The molecule has 2 nitrogen and oxygen atoms in total. The van der Waals surface area contributed by atoms with Gasteiger partial charge in [0.1, 0.15) is 5.82 Å². The second kappa shape index (κ2) is 7.08. The molecule has 1 atom stereocenters. The monoisotopic (exact) mass is 320 g/mol. The molecule has 1 heterocycles. The summed E-state index contributed by atoms with van der Waals surface area (Å²) >= 11 is 6.11. The second-order valence-electron chi connectivity index (χ2n) is 6.16. The zero-order valence-corrected chi connectivity index (χ0v) is 13.6. The molecule has 5 heteroatoms. The molecule has 0 amide bonds. The van der Waals surface area contributed by atoms with Gasteiger partial charge in [-0.3, -0.25) is 4.90 Å². The van der Waals surface area contributed by atoms with E-state index in [1.165, 1.54) is 6.07 Å². The van der Waals surface area contributed by atoms with Crippen LogP contribution in [0.15, 0.2) is 18.2 Å². The van der Waals surface area contributed by atoms with Crippen molar-refractivity contribution in [1.29, 1.82) is 0 Å². The van der Waals surface area contributed by atoms with Crippen LogP contribution in [-0.4, -0.2) is 29.6 Å². The molecule has 1 unspecified atom stereocenters. The highest BCUT2D eigenvalue weighted by Gasteiger charge is 2.29. The molecule has 1 fully saturated rings. The molecule has 1 aromatic rings. The highest BCUT2D eigenvalue weighted by molar-refractivity contribution is 6.31. The maximum absolute atomic E-state index is 13.8. The average molecular weight is 321 g/mol. The molecule has 0 aliphatic carbocycles. The Morgan fingerprint density at radius 1 is 1.45 bits per heavy atom. The summed E-state index contributed by atoms with van der Waals surface area (Å²) in [7, 11) is 0. The number of nitrogens with two attached hydrogens (primary N) is 1. The van der Waals surface area contributed by atoms with Gasteiger partial charge in [-0.2, -0.15) is 0 Å². The van der Waals surface area contributed by atoms with Crippen molar-refractivity contribution < 1.29 is 4.39 Å². The van der Waals surface area contributed by atoms with Gasteiger partial charge in [0.05, 0.1) is 0 Å². The van der Waals surface area contributed by atoms with Crippen LogP contribution in [0.5, 0.6) is 0 Å². The molecule has 2 N–H and O–H groups in total. The fourth-order valence-corrected chi connectivity index (χ4v) is 3.06. The summed E-state index contributed by atoms with van der Waals surface area (Å²) in [5.41, 5.74) is 6.50. The molecule has 114 valence electrons. The van der Waals surface area contributed by atoms with Gasteiger partial charge in [0.25, 0.3) is 0 Å². The minimum atomic E-state index is -0.221. The van der Waals surface area contributed by atoms with E-state index >= 15 is 0 Å². The van der Waals surface area contributed by atoms with E-state index in [0.717, 1.165) is 25.9 Å². The first-order chi connectivity index (χ1) is 8.87. The van der Waals surface area contributed by atoms with Crippen molar-refractivity contribution in [1.82, 2.24) is 4.90 Å². The van der Waals surface area contributed by atoms with E-state index in [2.05, 4.69) is 4.90 Å². The second-order valence-corrected chi connectivity index (χ2v) is 6.57. The number of likely N-dealkylation sites (tertiary alicyclic amines) is 1. The molecule has 0 radical (unpaired) electrons. The Morgan fingerprint density at radius 3 is 2.75 bits per heavy atom. The molecule has 2 rings (SSSR count). The summed E-state index contributed by atoms with van der Waals surface area (Å²) in [6.07, 6.45) is 2.90. The summed E-state index contributed by atoms with van der Waals surface area (Å²) in [4.78, 5) is 2.36. The Kier molecular flexibility index (Phi) is 6.26. The van der Waals surface area contributed by atoms with Crippen LogP contribution in [0.4, 0.5) is 4.39 Å². The predicted octanol–water partition coefficient (Wildman–Crippen LogP) is 3.65. The van der Waals surface area contributed by atoms with E-state index in [1.807, 2.05) is 13.8 Å². The minimum absolute atomic E-state index is 0. The molecule has 1 aliphatic rings. The van der Waals surface area contributed by atoms with Crippen LogP contribution in [0, 0.1) is 5.82 Å². The molecular weight excluding hydrogens is 298 g/mol. The Balaban J connectivity index is 0.00000200. The van der Waals surface area contributed by atoms with E-state index in [-0.39, 0.29) is 23.8 Å². The van der Waals surface area contributed by atoms with Gasteiger partial charge in [-0.05, 0) is 51.8 Å². The van der Waals surface area contributed by atoms with Crippen molar-refractivity contribution in [2.24, 2.45) is 5.73 Å². The smallest absolute Gasteiger partial charge is 0.127 e. The van der Waals surface area contributed by atoms with Gasteiger partial charge in [-0.15, -0.1) is 12.4 Å². The van der Waals surface area contributed by atoms with Gasteiger partial charge >= 0.3 is 0 Å². The van der Waals surface area contributed by atoms with E-state index in [9.17, 15) is 4.39 Å². The van der Waals surface area contributed by atoms with E-state index in [1.54, 1.807) is 12.1 Å². The number of nitrogens with zero attached hydrogens (tertiary/aromatic N) is 1. The number of halogens is 3. The largest absolute Gasteiger partial charge is 0.324 e. The van der Waals surface area contributed by atoms with Crippen molar-refractivity contribution >= 4 is 24.0 Å². The third-order valence-electron chi connectivity index (χ3n) is 3.61. The van der Waals surface area contributed by atoms with Gasteiger partial charge in [-0.25, -0.2) is 4.39 Å². The van der Waals surface area contributed by atoms with Crippen LogP contribution in [0.1, 0.15) is 32.3 Å². The lowest BCUT2D eigenvalue weighted by Gasteiger charge is -2.31. The van der Waals surface area contributed by atoms with E-state index in [0.29, 0.717) is 23.0 Å². The molecule has 1 aromatic carbocycles. The van der Waals surface area contributed by atoms with E-state index in [4.69, 9.17) is 17.3 Å². The average Bonchev–Trinajstić information content (AvgIpc) is 2.69. The normalized spacial score (nSPS) is 19.9. The van der Waals surface area contributed by atoms with Crippen LogP contribution in [0.3, 0.4) is 0 Å². The van der Waals surface area contributed by atoms with Gasteiger partial charge in [0.2, 0.25) is 0 Å². The van der Waals surface area contributed by atoms with E-state index < -0.39 is 0 Å². The third-order valence-corrected chi connectivity index (χ3v) is 3.97. The third kappa shape index (κ3) is 4.59. The lowest BCUT2D eigenvalue weighted by atomic mass is 10.0. The summed E-state index contributed by atoms with van der Waals surface area (Å²) in [5.74, 6) is -0.202. The van der Waals surface area contributed by atoms with Gasteiger partial charge in [0, 0.05) is 28.7 Å². The minimum Gasteiger partial charge on any atom is -0.324 e. The first kappa shape index (κ1) is 17.7. The van der Waals surface area contributed by atoms with Crippen LogP contribution < -0.4 is 5.73 Å². The summed E-state index contributed by atoms with van der Waals surface area (Å²) < 4.78 is 13.8. The molecule has 0 aromatic heterocycles. The predicted molar refractivity (Wildman–Crippen MR) is 85.2 cm³/mol. The molecule has 20 heavy (non-hydrogen) atoms. The van der Waals surface area contributed by atoms with Crippen LogP contribution >= 0.6 is 24.0 Å². The zero-order chi connectivity index (χ0) is 14.0. The molecule has 1 saturated heterocycles. The molecule has 0 saturated carbocycles. The molecular formula is C15H23Cl2FN2. The van der Waals surface area contributed by atoms with Gasteiger partial charge in [0.15, 0.2) is 0 Å². The highest BCUT2D eigenvalue weighted by Crippen LogP contribution is 2.27. The highest BCUT2D eigenvalue weighted by atomic mass is 35.5. The Bertz CT molecular complexity index is 426. The Morgan fingerprint density at radius 2 is 2.15 bits per heavy atom. The fourth-order valence-electron chi connectivity index (χ4n) is 2.82. The van der Waals surface area contributed by atoms with Crippen molar-refractivity contribution in [3.8, 4) is 0 Å². The lowest BCUT2D eigenvalue weighted by molar-refractivity contribution is 0.207. The SMILES string of the molecule is CC(C)(N)CN1CCCC1Cc1c(F)cccc1Cl.Cl. The van der Waals surface area contributed by atoms with Crippen LogP contribution in [0.25, 0.3) is 0 Å². The standard InChI is InChI=1S/C15H22ClFN2.ClH/c1-15(2,18)10-19-8-4-5-11(19)9-12-13(16)6-3-7-14(12)17;/h3,6-7,11H,4-5,8-10,18H2,1-2H3;1H. The van der Waals surface area contributed by atoms with Crippen molar-refractivity contribution in [3.63, 3.8) is 0 Å². The lowest BCUT2D eigenvalue weighted by Crippen LogP contribution is -2.47. The number of hydrogen-bond donors (Lipinski definition) is 1. The maximum Gasteiger partial charge on any atom is 0.127 e. The van der Waals surface area contributed by atoms with Gasteiger partial charge in [-0.1, -0.05) is 17.7 Å². The fraction of sp³-hybridized carbons (Fsp3) is 0.600. The summed E-state index contributed by atoms with van der Waals surface area (Å²) in [5, 5.41) is 0.527. The van der Waals surface area contributed by atoms with Crippen LogP contribution in [-0.2, 0) is 6.42 Å².